The highest BCUT2D eigenvalue weighted by Gasteiger charge is 2.06. The molecule has 1 rings (SSSR count). The van der Waals surface area contributed by atoms with Crippen molar-refractivity contribution < 1.29 is 4.79 Å². The summed E-state index contributed by atoms with van der Waals surface area (Å²) in [6.45, 7) is 5.11. The van der Waals surface area contributed by atoms with Crippen molar-refractivity contribution in [3.05, 3.63) is 27.1 Å². The Morgan fingerprint density at radius 1 is 1.29 bits per heavy atom. The van der Waals surface area contributed by atoms with E-state index in [2.05, 4.69) is 56.3 Å². The molecular formula is C12H16Br2N2O. The summed E-state index contributed by atoms with van der Waals surface area (Å²) in [5.74, 6) is 0.468. The second kappa shape index (κ2) is 7.01. The largest absolute Gasteiger partial charge is 0.374 e. The molecule has 0 saturated heterocycles. The number of hydrogen-bond acceptors (Lipinski definition) is 2. The van der Waals surface area contributed by atoms with Crippen LogP contribution in [0.25, 0.3) is 0 Å². The molecule has 2 N–H and O–H groups in total. The molecule has 0 aliphatic heterocycles. The first-order chi connectivity index (χ1) is 8.00. The van der Waals surface area contributed by atoms with Crippen molar-refractivity contribution >= 4 is 43.5 Å². The standard InChI is InChI=1S/C12H16Br2N2O/c1-8(2)6-15-11(17)7-16-12-9(13)4-3-5-10(12)14/h3-5,8,16H,6-7H2,1-2H3,(H,15,17). The molecule has 94 valence electrons. The molecule has 0 aromatic heterocycles. The van der Waals surface area contributed by atoms with Gasteiger partial charge in [0.2, 0.25) is 5.91 Å². The average Bonchev–Trinajstić information content (AvgIpc) is 2.25. The molecule has 0 saturated carbocycles. The third-order valence-electron chi connectivity index (χ3n) is 2.10. The number of halogens is 2. The molecule has 0 radical (unpaired) electrons. The van der Waals surface area contributed by atoms with Gasteiger partial charge in [-0.2, -0.15) is 0 Å². The maximum absolute atomic E-state index is 11.5. The second-order valence-corrected chi connectivity index (χ2v) is 5.86. The van der Waals surface area contributed by atoms with E-state index in [0.29, 0.717) is 12.5 Å². The first-order valence-electron chi connectivity index (χ1n) is 5.45. The van der Waals surface area contributed by atoms with E-state index in [4.69, 9.17) is 0 Å². The summed E-state index contributed by atoms with van der Waals surface area (Å²) >= 11 is 6.87. The molecule has 0 fully saturated rings. The predicted molar refractivity (Wildman–Crippen MR) is 78.2 cm³/mol. The predicted octanol–water partition coefficient (Wildman–Crippen LogP) is 3.40. The molecule has 0 aliphatic carbocycles. The number of benzene rings is 1. The van der Waals surface area contributed by atoms with Crippen LogP contribution in [0.1, 0.15) is 13.8 Å². The lowest BCUT2D eigenvalue weighted by Gasteiger charge is -2.11. The van der Waals surface area contributed by atoms with Crippen LogP contribution >= 0.6 is 31.9 Å². The maximum atomic E-state index is 11.5. The summed E-state index contributed by atoms with van der Waals surface area (Å²) in [5.41, 5.74) is 0.896. The van der Waals surface area contributed by atoms with Crippen molar-refractivity contribution in [1.82, 2.24) is 5.32 Å². The normalized spacial score (nSPS) is 10.4. The van der Waals surface area contributed by atoms with Gasteiger partial charge in [0.25, 0.3) is 0 Å². The first kappa shape index (κ1) is 14.5. The van der Waals surface area contributed by atoms with Gasteiger partial charge < -0.3 is 10.6 Å². The molecule has 0 atom stereocenters. The van der Waals surface area contributed by atoms with Crippen LogP contribution in [0.4, 0.5) is 5.69 Å². The summed E-state index contributed by atoms with van der Waals surface area (Å²) in [6, 6.07) is 5.79. The van der Waals surface area contributed by atoms with E-state index >= 15 is 0 Å². The minimum atomic E-state index is 0.00125. The molecule has 1 amide bonds. The number of nitrogens with one attached hydrogen (secondary N) is 2. The number of hydrogen-bond donors (Lipinski definition) is 2. The van der Waals surface area contributed by atoms with E-state index in [0.717, 1.165) is 14.6 Å². The quantitative estimate of drug-likeness (QED) is 0.841. The van der Waals surface area contributed by atoms with Crippen LogP contribution in [-0.2, 0) is 4.79 Å². The average molecular weight is 364 g/mol. The SMILES string of the molecule is CC(C)CNC(=O)CNc1c(Br)cccc1Br. The zero-order valence-electron chi connectivity index (χ0n) is 9.89. The fourth-order valence-corrected chi connectivity index (χ4v) is 2.49. The van der Waals surface area contributed by atoms with Gasteiger partial charge in [0.05, 0.1) is 12.2 Å². The lowest BCUT2D eigenvalue weighted by Crippen LogP contribution is -2.32. The van der Waals surface area contributed by atoms with Crippen LogP contribution in [0.3, 0.4) is 0 Å². The molecule has 0 unspecified atom stereocenters. The van der Waals surface area contributed by atoms with Gasteiger partial charge >= 0.3 is 0 Å². The Balaban J connectivity index is 2.47. The van der Waals surface area contributed by atoms with Crippen LogP contribution < -0.4 is 10.6 Å². The van der Waals surface area contributed by atoms with Gasteiger partial charge in [-0.05, 0) is 49.9 Å². The van der Waals surface area contributed by atoms with Crippen LogP contribution in [0, 0.1) is 5.92 Å². The van der Waals surface area contributed by atoms with Crippen molar-refractivity contribution in [3.63, 3.8) is 0 Å². The molecule has 3 nitrogen and oxygen atoms in total. The number of carbonyl (C=O) groups is 1. The van der Waals surface area contributed by atoms with Crippen LogP contribution in [0.15, 0.2) is 27.1 Å². The number of amides is 1. The molecule has 5 heteroatoms. The van der Waals surface area contributed by atoms with Gasteiger partial charge in [-0.1, -0.05) is 19.9 Å². The minimum absolute atomic E-state index is 0.00125. The summed E-state index contributed by atoms with van der Waals surface area (Å²) in [7, 11) is 0. The summed E-state index contributed by atoms with van der Waals surface area (Å²) in [4.78, 5) is 11.5. The van der Waals surface area contributed by atoms with Crippen molar-refractivity contribution in [3.8, 4) is 0 Å². The fourth-order valence-electron chi connectivity index (χ4n) is 1.22. The molecule has 1 aromatic carbocycles. The van der Waals surface area contributed by atoms with E-state index in [1.807, 2.05) is 18.2 Å². The third kappa shape index (κ3) is 5.08. The van der Waals surface area contributed by atoms with Crippen LogP contribution in [0.2, 0.25) is 0 Å². The van der Waals surface area contributed by atoms with E-state index in [9.17, 15) is 4.79 Å². The molecule has 0 bridgehead atoms. The Bertz CT molecular complexity index is 374. The van der Waals surface area contributed by atoms with Crippen molar-refractivity contribution in [2.75, 3.05) is 18.4 Å². The maximum Gasteiger partial charge on any atom is 0.239 e. The number of rotatable bonds is 5. The van der Waals surface area contributed by atoms with Crippen molar-refractivity contribution in [1.29, 1.82) is 0 Å². The van der Waals surface area contributed by atoms with Gasteiger partial charge in [0, 0.05) is 15.5 Å². The van der Waals surface area contributed by atoms with E-state index in [1.54, 1.807) is 0 Å². The highest BCUT2D eigenvalue weighted by Crippen LogP contribution is 2.30. The Hall–Kier alpha value is -0.550. The second-order valence-electron chi connectivity index (χ2n) is 4.15. The Morgan fingerprint density at radius 3 is 2.41 bits per heavy atom. The summed E-state index contributed by atoms with van der Waals surface area (Å²) < 4.78 is 1.87. The fraction of sp³-hybridized carbons (Fsp3) is 0.417. The topological polar surface area (TPSA) is 41.1 Å². The van der Waals surface area contributed by atoms with E-state index in [1.165, 1.54) is 0 Å². The van der Waals surface area contributed by atoms with Crippen LogP contribution in [-0.4, -0.2) is 19.0 Å². The lowest BCUT2D eigenvalue weighted by molar-refractivity contribution is -0.119. The third-order valence-corrected chi connectivity index (χ3v) is 3.42. The van der Waals surface area contributed by atoms with Crippen molar-refractivity contribution in [2.45, 2.75) is 13.8 Å². The van der Waals surface area contributed by atoms with Gasteiger partial charge in [-0.15, -0.1) is 0 Å². The minimum Gasteiger partial charge on any atom is -0.374 e. The lowest BCUT2D eigenvalue weighted by atomic mass is 10.2. The number of anilines is 1. The monoisotopic (exact) mass is 362 g/mol. The molecule has 1 aromatic rings. The van der Waals surface area contributed by atoms with Gasteiger partial charge in [-0.3, -0.25) is 4.79 Å². The molecule has 0 heterocycles. The van der Waals surface area contributed by atoms with Gasteiger partial charge in [0.1, 0.15) is 0 Å². The molecule has 17 heavy (non-hydrogen) atoms. The number of para-hydroxylation sites is 1. The zero-order valence-corrected chi connectivity index (χ0v) is 13.1. The van der Waals surface area contributed by atoms with E-state index < -0.39 is 0 Å². The number of carbonyl (C=O) groups excluding carboxylic acids is 1. The Labute approximate surface area is 119 Å². The first-order valence-corrected chi connectivity index (χ1v) is 7.04. The Kier molecular flexibility index (Phi) is 5.98. The molecule has 0 aliphatic rings. The molecular weight excluding hydrogens is 348 g/mol. The van der Waals surface area contributed by atoms with E-state index in [-0.39, 0.29) is 12.5 Å². The highest BCUT2D eigenvalue weighted by atomic mass is 79.9. The zero-order chi connectivity index (χ0) is 12.8. The summed E-state index contributed by atoms with van der Waals surface area (Å²) in [6.07, 6.45) is 0. The van der Waals surface area contributed by atoms with Gasteiger partial charge in [-0.25, -0.2) is 0 Å². The Morgan fingerprint density at radius 2 is 1.88 bits per heavy atom. The van der Waals surface area contributed by atoms with Crippen molar-refractivity contribution in [2.24, 2.45) is 5.92 Å². The summed E-state index contributed by atoms with van der Waals surface area (Å²) in [5, 5.41) is 5.96. The smallest absolute Gasteiger partial charge is 0.239 e. The molecule has 0 spiro atoms. The van der Waals surface area contributed by atoms with Gasteiger partial charge in [0.15, 0.2) is 0 Å². The highest BCUT2D eigenvalue weighted by molar-refractivity contribution is 9.11. The van der Waals surface area contributed by atoms with Crippen LogP contribution in [0.5, 0.6) is 0 Å².